The number of rotatable bonds is 5. The van der Waals surface area contributed by atoms with Gasteiger partial charge < -0.3 is 9.47 Å². The third-order valence-electron chi connectivity index (χ3n) is 3.12. The SMILES string of the molecule is CCOC(=O)C(C(=O)OCC)c1ccccc1C(C)(C)C. The number of benzene rings is 1. The van der Waals surface area contributed by atoms with Crippen LogP contribution in [0.25, 0.3) is 0 Å². The van der Waals surface area contributed by atoms with Crippen molar-refractivity contribution in [1.29, 1.82) is 0 Å². The maximum Gasteiger partial charge on any atom is 0.324 e. The lowest BCUT2D eigenvalue weighted by atomic mass is 9.80. The lowest BCUT2D eigenvalue weighted by Gasteiger charge is -2.25. The highest BCUT2D eigenvalue weighted by molar-refractivity contribution is 6.01. The summed E-state index contributed by atoms with van der Waals surface area (Å²) in [7, 11) is 0. The van der Waals surface area contributed by atoms with Gasteiger partial charge in [-0.15, -0.1) is 0 Å². The Kier molecular flexibility index (Phi) is 5.94. The van der Waals surface area contributed by atoms with E-state index in [9.17, 15) is 9.59 Å². The molecule has 0 bridgehead atoms. The lowest BCUT2D eigenvalue weighted by molar-refractivity contribution is -0.157. The normalized spacial score (nSPS) is 11.3. The van der Waals surface area contributed by atoms with Gasteiger partial charge in [-0.05, 0) is 30.4 Å². The molecule has 0 aliphatic heterocycles. The minimum Gasteiger partial charge on any atom is -0.465 e. The molecule has 1 aromatic rings. The molecule has 0 fully saturated rings. The topological polar surface area (TPSA) is 52.6 Å². The van der Waals surface area contributed by atoms with Crippen LogP contribution in [0.5, 0.6) is 0 Å². The van der Waals surface area contributed by atoms with Crippen molar-refractivity contribution in [2.45, 2.75) is 46.0 Å². The molecule has 116 valence electrons. The van der Waals surface area contributed by atoms with Gasteiger partial charge in [0.05, 0.1) is 13.2 Å². The monoisotopic (exact) mass is 292 g/mol. The summed E-state index contributed by atoms with van der Waals surface area (Å²) in [5.41, 5.74) is 1.41. The second-order valence-electron chi connectivity index (χ2n) is 5.77. The zero-order valence-corrected chi connectivity index (χ0v) is 13.4. The van der Waals surface area contributed by atoms with Gasteiger partial charge in [0.25, 0.3) is 0 Å². The fourth-order valence-corrected chi connectivity index (χ4v) is 2.23. The maximum absolute atomic E-state index is 12.2. The van der Waals surface area contributed by atoms with Gasteiger partial charge in [-0.1, -0.05) is 45.0 Å². The molecular formula is C17H24O4. The molecule has 0 aliphatic carbocycles. The average Bonchev–Trinajstić information content (AvgIpc) is 2.39. The van der Waals surface area contributed by atoms with E-state index in [0.29, 0.717) is 5.56 Å². The first-order chi connectivity index (χ1) is 9.82. The van der Waals surface area contributed by atoms with E-state index in [0.717, 1.165) is 5.56 Å². The Morgan fingerprint density at radius 3 is 1.90 bits per heavy atom. The summed E-state index contributed by atoms with van der Waals surface area (Å²) < 4.78 is 10.1. The number of hydrogen-bond acceptors (Lipinski definition) is 4. The summed E-state index contributed by atoms with van der Waals surface area (Å²) in [5.74, 6) is -2.15. The van der Waals surface area contributed by atoms with Crippen LogP contribution in [0.4, 0.5) is 0 Å². The van der Waals surface area contributed by atoms with Crippen molar-refractivity contribution < 1.29 is 19.1 Å². The summed E-state index contributed by atoms with van der Waals surface area (Å²) in [4.78, 5) is 24.4. The second kappa shape index (κ2) is 7.25. The zero-order chi connectivity index (χ0) is 16.0. The van der Waals surface area contributed by atoms with E-state index in [2.05, 4.69) is 0 Å². The molecule has 0 heterocycles. The van der Waals surface area contributed by atoms with Gasteiger partial charge in [-0.25, -0.2) is 0 Å². The lowest BCUT2D eigenvalue weighted by Crippen LogP contribution is -2.29. The van der Waals surface area contributed by atoms with Crippen LogP contribution in [0.2, 0.25) is 0 Å². The van der Waals surface area contributed by atoms with Crippen molar-refractivity contribution in [3.05, 3.63) is 35.4 Å². The van der Waals surface area contributed by atoms with E-state index in [1.165, 1.54) is 0 Å². The summed E-state index contributed by atoms with van der Waals surface area (Å²) >= 11 is 0. The van der Waals surface area contributed by atoms with Gasteiger partial charge in [0, 0.05) is 0 Å². The smallest absolute Gasteiger partial charge is 0.324 e. The molecule has 0 saturated carbocycles. The molecular weight excluding hydrogens is 268 g/mol. The second-order valence-corrected chi connectivity index (χ2v) is 5.77. The summed E-state index contributed by atoms with van der Waals surface area (Å²) in [6.07, 6.45) is 0. The molecule has 0 unspecified atom stereocenters. The van der Waals surface area contributed by atoms with Gasteiger partial charge in [0.1, 0.15) is 0 Å². The highest BCUT2D eigenvalue weighted by atomic mass is 16.6. The first-order valence-electron chi connectivity index (χ1n) is 7.25. The predicted octanol–water partition coefficient (Wildman–Crippen LogP) is 3.19. The van der Waals surface area contributed by atoms with E-state index < -0.39 is 17.9 Å². The molecule has 21 heavy (non-hydrogen) atoms. The number of carbonyl (C=O) groups is 2. The van der Waals surface area contributed by atoms with Crippen LogP contribution in [0.1, 0.15) is 51.7 Å². The van der Waals surface area contributed by atoms with Crippen LogP contribution in [0.3, 0.4) is 0 Å². The molecule has 0 spiro atoms. The van der Waals surface area contributed by atoms with Crippen LogP contribution >= 0.6 is 0 Å². The summed E-state index contributed by atoms with van der Waals surface area (Å²) in [6.45, 7) is 10.0. The quantitative estimate of drug-likeness (QED) is 0.618. The highest BCUT2D eigenvalue weighted by Gasteiger charge is 2.35. The number of hydrogen-bond donors (Lipinski definition) is 0. The van der Waals surface area contributed by atoms with Crippen LogP contribution in [-0.2, 0) is 24.5 Å². The first-order valence-corrected chi connectivity index (χ1v) is 7.25. The Morgan fingerprint density at radius 2 is 1.48 bits per heavy atom. The molecule has 4 nitrogen and oxygen atoms in total. The van der Waals surface area contributed by atoms with E-state index in [1.807, 2.05) is 39.0 Å². The van der Waals surface area contributed by atoms with Gasteiger partial charge in [-0.3, -0.25) is 9.59 Å². The Bertz CT molecular complexity index is 482. The van der Waals surface area contributed by atoms with Crippen LogP contribution < -0.4 is 0 Å². The molecule has 1 aromatic carbocycles. The number of carbonyl (C=O) groups excluding carboxylic acids is 2. The molecule has 0 N–H and O–H groups in total. The molecule has 0 aromatic heterocycles. The van der Waals surface area contributed by atoms with Crippen molar-refractivity contribution >= 4 is 11.9 Å². The fourth-order valence-electron chi connectivity index (χ4n) is 2.23. The number of ether oxygens (including phenoxy) is 2. The van der Waals surface area contributed by atoms with Gasteiger partial charge in [-0.2, -0.15) is 0 Å². The minimum absolute atomic E-state index is 0.187. The van der Waals surface area contributed by atoms with Gasteiger partial charge in [0.2, 0.25) is 0 Å². The molecule has 0 atom stereocenters. The molecule has 1 rings (SSSR count). The Hall–Kier alpha value is -1.84. The first kappa shape index (κ1) is 17.2. The van der Waals surface area contributed by atoms with E-state index >= 15 is 0 Å². The van der Waals surface area contributed by atoms with Crippen LogP contribution in [-0.4, -0.2) is 25.2 Å². The van der Waals surface area contributed by atoms with E-state index in [1.54, 1.807) is 19.9 Å². The van der Waals surface area contributed by atoms with Crippen LogP contribution in [0, 0.1) is 0 Å². The van der Waals surface area contributed by atoms with Gasteiger partial charge in [0.15, 0.2) is 5.92 Å². The minimum atomic E-state index is -1.03. The molecule has 0 saturated heterocycles. The highest BCUT2D eigenvalue weighted by Crippen LogP contribution is 2.32. The third-order valence-corrected chi connectivity index (χ3v) is 3.12. The Balaban J connectivity index is 3.33. The summed E-state index contributed by atoms with van der Waals surface area (Å²) in [5, 5.41) is 0. The molecule has 0 amide bonds. The van der Waals surface area contributed by atoms with Crippen molar-refractivity contribution in [2.75, 3.05) is 13.2 Å². The van der Waals surface area contributed by atoms with Crippen molar-refractivity contribution in [2.24, 2.45) is 0 Å². The Labute approximate surface area is 126 Å². The van der Waals surface area contributed by atoms with Crippen molar-refractivity contribution in [3.8, 4) is 0 Å². The molecule has 4 heteroatoms. The third kappa shape index (κ3) is 4.31. The molecule has 0 radical (unpaired) electrons. The zero-order valence-electron chi connectivity index (χ0n) is 13.4. The molecule has 0 aliphatic rings. The van der Waals surface area contributed by atoms with Crippen molar-refractivity contribution in [3.63, 3.8) is 0 Å². The standard InChI is InChI=1S/C17H24O4/c1-6-20-15(18)14(16(19)21-7-2)12-10-8-9-11-13(12)17(3,4)5/h8-11,14H,6-7H2,1-5H3. The van der Waals surface area contributed by atoms with Crippen LogP contribution in [0.15, 0.2) is 24.3 Å². The van der Waals surface area contributed by atoms with E-state index in [-0.39, 0.29) is 18.6 Å². The van der Waals surface area contributed by atoms with Crippen molar-refractivity contribution in [1.82, 2.24) is 0 Å². The predicted molar refractivity (Wildman–Crippen MR) is 81.1 cm³/mol. The Morgan fingerprint density at radius 1 is 1.00 bits per heavy atom. The largest absolute Gasteiger partial charge is 0.465 e. The summed E-state index contributed by atoms with van der Waals surface area (Å²) in [6, 6.07) is 7.44. The average molecular weight is 292 g/mol. The van der Waals surface area contributed by atoms with Gasteiger partial charge >= 0.3 is 11.9 Å². The fraction of sp³-hybridized carbons (Fsp3) is 0.529. The maximum atomic E-state index is 12.2. The number of esters is 2. The van der Waals surface area contributed by atoms with E-state index in [4.69, 9.17) is 9.47 Å².